The van der Waals surface area contributed by atoms with Crippen LogP contribution in [0, 0.1) is 0 Å². The van der Waals surface area contributed by atoms with Crippen molar-refractivity contribution in [1.82, 2.24) is 19.6 Å². The lowest BCUT2D eigenvalue weighted by Gasteiger charge is -2.40. The summed E-state index contributed by atoms with van der Waals surface area (Å²) >= 11 is 0. The van der Waals surface area contributed by atoms with Crippen molar-refractivity contribution in [3.05, 3.63) is 47.8 Å². The molecule has 3 aliphatic heterocycles. The van der Waals surface area contributed by atoms with Gasteiger partial charge in [-0.15, -0.1) is 0 Å². The molecule has 0 aromatic heterocycles. The highest BCUT2D eigenvalue weighted by molar-refractivity contribution is 6.04. The minimum absolute atomic E-state index is 0.0203. The molecule has 2 unspecified atom stereocenters. The number of nitrogens with zero attached hydrogens (tertiary/aromatic N) is 5. The Bertz CT molecular complexity index is 887. The molecular formula is C22H29N5O4. The predicted octanol–water partition coefficient (Wildman–Crippen LogP) is 1.07. The van der Waals surface area contributed by atoms with Gasteiger partial charge in [0.25, 0.3) is 5.91 Å². The Labute approximate surface area is 182 Å². The number of likely N-dealkylation sites (N-methyl/N-ethyl adjacent to an activating group) is 1. The maximum Gasteiger partial charge on any atom is 0.328 e. The molecule has 1 aromatic carbocycles. The summed E-state index contributed by atoms with van der Waals surface area (Å²) in [5, 5.41) is 8.87. The summed E-state index contributed by atoms with van der Waals surface area (Å²) in [7, 11) is 1.70. The zero-order valence-corrected chi connectivity index (χ0v) is 18.0. The van der Waals surface area contributed by atoms with Gasteiger partial charge in [0.1, 0.15) is 0 Å². The van der Waals surface area contributed by atoms with Crippen molar-refractivity contribution in [3.63, 3.8) is 0 Å². The highest BCUT2D eigenvalue weighted by atomic mass is 16.5. The molecule has 0 saturated carbocycles. The predicted molar refractivity (Wildman–Crippen MR) is 115 cm³/mol. The molecule has 3 amide bonds. The zero-order chi connectivity index (χ0) is 22.0. The first-order valence-corrected chi connectivity index (χ1v) is 10.7. The number of rotatable bonds is 9. The van der Waals surface area contributed by atoms with Crippen LogP contribution in [0.3, 0.4) is 0 Å². The molecule has 166 valence electrons. The normalized spacial score (nSPS) is 22.7. The van der Waals surface area contributed by atoms with Crippen LogP contribution in [0.2, 0.25) is 0 Å². The van der Waals surface area contributed by atoms with Gasteiger partial charge in [-0.05, 0) is 25.3 Å². The number of ether oxygens (including phenoxy) is 1. The van der Waals surface area contributed by atoms with Gasteiger partial charge in [0.05, 0.1) is 19.8 Å². The van der Waals surface area contributed by atoms with Crippen LogP contribution in [-0.4, -0.2) is 94.8 Å². The molecule has 9 heteroatoms. The molecule has 9 nitrogen and oxygen atoms in total. The molecule has 1 fully saturated rings. The van der Waals surface area contributed by atoms with Gasteiger partial charge in [0.2, 0.25) is 5.96 Å². The number of aryl methyl sites for hydroxylation is 1. The number of aliphatic hydroxyl groups excluding tert-OH is 1. The highest BCUT2D eigenvalue weighted by Gasteiger charge is 2.53. The number of imide groups is 1. The van der Waals surface area contributed by atoms with Crippen molar-refractivity contribution in [3.8, 4) is 0 Å². The molecule has 2 atom stereocenters. The molecule has 4 rings (SSSR count). The van der Waals surface area contributed by atoms with E-state index in [0.29, 0.717) is 32.1 Å². The Kier molecular flexibility index (Phi) is 6.24. The molecule has 0 aliphatic carbocycles. The van der Waals surface area contributed by atoms with Crippen LogP contribution < -0.4 is 0 Å². The summed E-state index contributed by atoms with van der Waals surface area (Å²) in [4.78, 5) is 37.7. The lowest BCUT2D eigenvalue weighted by atomic mass is 10.1. The van der Waals surface area contributed by atoms with E-state index in [1.54, 1.807) is 11.9 Å². The monoisotopic (exact) mass is 427 g/mol. The van der Waals surface area contributed by atoms with Gasteiger partial charge in [-0.3, -0.25) is 9.69 Å². The summed E-state index contributed by atoms with van der Waals surface area (Å²) < 4.78 is 5.39. The van der Waals surface area contributed by atoms with Crippen LogP contribution in [0.1, 0.15) is 18.9 Å². The lowest BCUT2D eigenvalue weighted by molar-refractivity contribution is -0.136. The highest BCUT2D eigenvalue weighted by Crippen LogP contribution is 2.33. The van der Waals surface area contributed by atoms with Crippen LogP contribution in [0.5, 0.6) is 0 Å². The molecule has 0 radical (unpaired) electrons. The maximum atomic E-state index is 13.3. The largest absolute Gasteiger partial charge is 0.394 e. The number of carbonyl (C=O) groups excluding carboxylic acids is 2. The van der Waals surface area contributed by atoms with Gasteiger partial charge in [0, 0.05) is 32.0 Å². The first kappa shape index (κ1) is 21.3. The molecule has 1 N–H and O–H groups in total. The molecule has 1 saturated heterocycles. The van der Waals surface area contributed by atoms with E-state index in [-0.39, 0.29) is 25.2 Å². The van der Waals surface area contributed by atoms with E-state index in [0.717, 1.165) is 12.1 Å². The van der Waals surface area contributed by atoms with Gasteiger partial charge in [0.15, 0.2) is 12.2 Å². The summed E-state index contributed by atoms with van der Waals surface area (Å²) in [6.07, 6.45) is 2.90. The Morgan fingerprint density at radius 2 is 1.87 bits per heavy atom. The van der Waals surface area contributed by atoms with Crippen LogP contribution >= 0.6 is 0 Å². The van der Waals surface area contributed by atoms with E-state index < -0.39 is 12.2 Å². The summed E-state index contributed by atoms with van der Waals surface area (Å²) in [5.41, 5.74) is 2.15. The number of urea groups is 1. The number of amides is 3. The average Bonchev–Trinajstić information content (AvgIpc) is 3.28. The lowest BCUT2D eigenvalue weighted by Crippen LogP contribution is -2.64. The van der Waals surface area contributed by atoms with E-state index in [9.17, 15) is 9.59 Å². The number of guanidine groups is 1. The minimum Gasteiger partial charge on any atom is -0.394 e. The smallest absolute Gasteiger partial charge is 0.328 e. The van der Waals surface area contributed by atoms with E-state index in [4.69, 9.17) is 14.8 Å². The Morgan fingerprint density at radius 3 is 2.61 bits per heavy atom. The Hall–Kier alpha value is -2.91. The van der Waals surface area contributed by atoms with Gasteiger partial charge in [-0.25, -0.2) is 9.79 Å². The number of aliphatic hydroxyl groups is 1. The van der Waals surface area contributed by atoms with E-state index >= 15 is 0 Å². The third kappa shape index (κ3) is 4.03. The average molecular weight is 428 g/mol. The molecule has 0 spiro atoms. The van der Waals surface area contributed by atoms with E-state index in [1.807, 2.05) is 41.1 Å². The number of aliphatic imine (C=N–C) groups is 1. The summed E-state index contributed by atoms with van der Waals surface area (Å²) in [5.74, 6) is 0.460. The molecule has 3 aliphatic rings. The van der Waals surface area contributed by atoms with Crippen molar-refractivity contribution >= 4 is 17.9 Å². The third-order valence-electron chi connectivity index (χ3n) is 5.89. The fourth-order valence-corrected chi connectivity index (χ4v) is 4.29. The second-order valence-corrected chi connectivity index (χ2v) is 7.93. The van der Waals surface area contributed by atoms with Gasteiger partial charge in [-0.1, -0.05) is 30.3 Å². The third-order valence-corrected chi connectivity index (χ3v) is 5.89. The van der Waals surface area contributed by atoms with Crippen molar-refractivity contribution in [2.45, 2.75) is 32.0 Å². The molecule has 0 bridgehead atoms. The van der Waals surface area contributed by atoms with Crippen molar-refractivity contribution in [1.29, 1.82) is 0 Å². The summed E-state index contributed by atoms with van der Waals surface area (Å²) in [6.45, 7) is 3.59. The second kappa shape index (κ2) is 9.07. The van der Waals surface area contributed by atoms with Crippen LogP contribution in [-0.2, 0) is 16.0 Å². The molecule has 1 aromatic rings. The Morgan fingerprint density at radius 1 is 1.10 bits per heavy atom. The zero-order valence-electron chi connectivity index (χ0n) is 18.0. The quantitative estimate of drug-likeness (QED) is 0.593. The number of hydrogen-bond donors (Lipinski definition) is 1. The van der Waals surface area contributed by atoms with Crippen LogP contribution in [0.4, 0.5) is 4.79 Å². The number of fused-ring (bicyclic) bond motifs is 3. The maximum absolute atomic E-state index is 13.3. The molecule has 3 heterocycles. The van der Waals surface area contributed by atoms with Crippen molar-refractivity contribution in [2.24, 2.45) is 4.99 Å². The number of hydrogen-bond acceptors (Lipinski definition) is 7. The minimum atomic E-state index is -0.548. The van der Waals surface area contributed by atoms with Crippen molar-refractivity contribution < 1.29 is 19.4 Å². The second-order valence-electron chi connectivity index (χ2n) is 7.93. The topological polar surface area (TPSA) is 88.9 Å². The fourth-order valence-electron chi connectivity index (χ4n) is 4.29. The SMILES string of the molecule is CC1=CN2C(=NC3C2C(=O)N(CCCc2ccccc2)C(=O)N3C)N1CCOCCO. The Balaban J connectivity index is 1.44. The summed E-state index contributed by atoms with van der Waals surface area (Å²) in [6, 6.07) is 9.21. The van der Waals surface area contributed by atoms with E-state index in [2.05, 4.69) is 12.1 Å². The standard InChI is InChI=1S/C22H29N5O4/c1-16-15-27-18-19(23-21(27)25(16)11-13-31-14-12-28)24(2)22(30)26(20(18)29)10-6-9-17-7-4-3-5-8-17/h3-5,7-8,15,18-19,28H,6,9-14H2,1-2H3. The number of benzene rings is 1. The van der Waals surface area contributed by atoms with Crippen LogP contribution in [0.15, 0.2) is 47.2 Å². The molecule has 31 heavy (non-hydrogen) atoms. The number of allylic oxidation sites excluding steroid dienone is 1. The number of carbonyl (C=O) groups is 2. The fraction of sp³-hybridized carbons (Fsp3) is 0.500. The van der Waals surface area contributed by atoms with Gasteiger partial charge >= 0.3 is 6.03 Å². The van der Waals surface area contributed by atoms with E-state index in [1.165, 1.54) is 10.5 Å². The first-order valence-electron chi connectivity index (χ1n) is 10.7. The molecular weight excluding hydrogens is 398 g/mol. The first-order chi connectivity index (χ1) is 15.0. The van der Waals surface area contributed by atoms with Crippen LogP contribution in [0.25, 0.3) is 0 Å². The van der Waals surface area contributed by atoms with Gasteiger partial charge < -0.3 is 24.5 Å². The van der Waals surface area contributed by atoms with Gasteiger partial charge in [-0.2, -0.15) is 0 Å². The van der Waals surface area contributed by atoms with Crippen molar-refractivity contribution in [2.75, 3.05) is 40.0 Å².